The highest BCUT2D eigenvalue weighted by Crippen LogP contribution is 2.34. The van der Waals surface area contributed by atoms with Crippen molar-refractivity contribution in [1.82, 2.24) is 9.88 Å². The summed E-state index contributed by atoms with van der Waals surface area (Å²) in [4.78, 5) is 38.4. The Balaban J connectivity index is 2.15. The summed E-state index contributed by atoms with van der Waals surface area (Å²) in [5.41, 5.74) is -0.00475. The van der Waals surface area contributed by atoms with E-state index >= 15 is 0 Å². The third-order valence-corrected chi connectivity index (χ3v) is 6.30. The number of nitrogens with one attached hydrogen (secondary N) is 2. The van der Waals surface area contributed by atoms with Gasteiger partial charge in [0.05, 0.1) is 40.8 Å². The lowest BCUT2D eigenvalue weighted by Crippen LogP contribution is -2.37. The van der Waals surface area contributed by atoms with Crippen molar-refractivity contribution < 1.29 is 19.1 Å². The number of anilines is 1. The minimum Gasteiger partial charge on any atom is -0.491 e. The molecule has 0 aliphatic carbocycles. The van der Waals surface area contributed by atoms with Crippen molar-refractivity contribution in [1.29, 1.82) is 0 Å². The first-order valence-corrected chi connectivity index (χ1v) is 13.2. The lowest BCUT2D eigenvalue weighted by Gasteiger charge is -2.24. The first kappa shape index (κ1) is 29.3. The van der Waals surface area contributed by atoms with Crippen molar-refractivity contribution in [3.8, 4) is 5.75 Å². The summed E-state index contributed by atoms with van der Waals surface area (Å²) in [5.74, 6) is 0.382. The summed E-state index contributed by atoms with van der Waals surface area (Å²) in [7, 11) is 0. The summed E-state index contributed by atoms with van der Waals surface area (Å²) in [6.07, 6.45) is 1.75. The number of aldehydes is 1. The number of aromatic nitrogens is 1. The molecule has 0 spiro atoms. The average Bonchev–Trinajstić information content (AvgIpc) is 2.86. The van der Waals surface area contributed by atoms with Crippen LogP contribution in [0.3, 0.4) is 0 Å². The van der Waals surface area contributed by atoms with Crippen LogP contribution in [-0.4, -0.2) is 35.2 Å². The second kappa shape index (κ2) is 13.0. The number of halogens is 2. The van der Waals surface area contributed by atoms with E-state index in [9.17, 15) is 14.4 Å². The highest BCUT2D eigenvalue weighted by molar-refractivity contribution is 6.42. The smallest absolute Gasteiger partial charge is 0.407 e. The van der Waals surface area contributed by atoms with Gasteiger partial charge in [-0.25, -0.2) is 4.79 Å². The zero-order valence-electron chi connectivity index (χ0n) is 22.0. The number of benzene rings is 2. The van der Waals surface area contributed by atoms with Crippen LogP contribution < -0.4 is 20.9 Å². The quantitative estimate of drug-likeness (QED) is 0.214. The number of fused-ring (bicyclic) bond motifs is 1. The maximum Gasteiger partial charge on any atom is 0.407 e. The van der Waals surface area contributed by atoms with Crippen molar-refractivity contribution in [2.24, 2.45) is 0 Å². The fourth-order valence-corrected chi connectivity index (χ4v) is 4.17. The Hall–Kier alpha value is -3.23. The zero-order valence-corrected chi connectivity index (χ0v) is 23.5. The van der Waals surface area contributed by atoms with Gasteiger partial charge >= 0.3 is 6.09 Å². The minimum absolute atomic E-state index is 0.0249. The number of carbonyl (C=O) groups excluding carboxylic acids is 2. The normalized spacial score (nSPS) is 12.2. The molecule has 0 aliphatic heterocycles. The molecule has 10 heteroatoms. The molecule has 38 heavy (non-hydrogen) atoms. The standard InChI is InChI=1S/C28H33Cl2N3O5/c1-5-6-12-37-25-20-13-22(29)23(30)14-21(20)26(35)33(24(25)15-31-27(36)38-28(2,3)4)16-19(17-34)32-18-10-8-7-9-11-18/h7-11,13-14,17,19,32H,5-6,12,15-16H2,1-4H3,(H,31,36). The summed E-state index contributed by atoms with van der Waals surface area (Å²) >= 11 is 12.6. The summed E-state index contributed by atoms with van der Waals surface area (Å²) < 4.78 is 13.0. The van der Waals surface area contributed by atoms with Gasteiger partial charge in [-0.05, 0) is 51.5 Å². The van der Waals surface area contributed by atoms with E-state index in [0.717, 1.165) is 24.8 Å². The monoisotopic (exact) mass is 561 g/mol. The third-order valence-electron chi connectivity index (χ3n) is 5.58. The number of carbonyl (C=O) groups is 2. The van der Waals surface area contributed by atoms with Gasteiger partial charge in [-0.2, -0.15) is 0 Å². The van der Waals surface area contributed by atoms with E-state index in [-0.39, 0.29) is 28.5 Å². The summed E-state index contributed by atoms with van der Waals surface area (Å²) in [6.45, 7) is 7.58. The number of alkyl carbamates (subject to hydrolysis) is 1. The van der Waals surface area contributed by atoms with Crippen LogP contribution in [-0.2, 0) is 22.6 Å². The van der Waals surface area contributed by atoms with Crippen LogP contribution in [0, 0.1) is 0 Å². The van der Waals surface area contributed by atoms with Crippen molar-refractivity contribution in [3.05, 3.63) is 68.6 Å². The molecule has 1 amide bonds. The van der Waals surface area contributed by atoms with E-state index in [2.05, 4.69) is 10.6 Å². The van der Waals surface area contributed by atoms with Gasteiger partial charge < -0.3 is 29.5 Å². The topological polar surface area (TPSA) is 98.7 Å². The second-order valence-corrected chi connectivity index (χ2v) is 10.6. The van der Waals surface area contributed by atoms with Crippen molar-refractivity contribution in [2.75, 3.05) is 11.9 Å². The largest absolute Gasteiger partial charge is 0.491 e. The number of amides is 1. The first-order valence-electron chi connectivity index (χ1n) is 12.4. The van der Waals surface area contributed by atoms with E-state index < -0.39 is 23.3 Å². The molecule has 2 N–H and O–H groups in total. The summed E-state index contributed by atoms with van der Waals surface area (Å²) in [6, 6.07) is 11.5. The van der Waals surface area contributed by atoms with E-state index in [1.54, 1.807) is 26.8 Å². The molecular weight excluding hydrogens is 529 g/mol. The van der Waals surface area contributed by atoms with Gasteiger partial charge in [-0.15, -0.1) is 0 Å². The molecule has 1 aromatic heterocycles. The number of hydrogen-bond donors (Lipinski definition) is 2. The molecule has 2 aromatic carbocycles. The maximum atomic E-state index is 13.8. The summed E-state index contributed by atoms with van der Waals surface area (Å²) in [5, 5.41) is 7.10. The Bertz CT molecular complexity index is 1340. The lowest BCUT2D eigenvalue weighted by molar-refractivity contribution is -0.108. The molecule has 3 aromatic rings. The molecule has 1 atom stereocenters. The molecule has 0 bridgehead atoms. The number of nitrogens with zero attached hydrogens (tertiary/aromatic N) is 1. The molecule has 1 unspecified atom stereocenters. The van der Waals surface area contributed by atoms with Crippen LogP contribution in [0.1, 0.15) is 46.2 Å². The fraction of sp³-hybridized carbons (Fsp3) is 0.393. The average molecular weight is 562 g/mol. The molecule has 0 aliphatic rings. The number of para-hydroxylation sites is 1. The van der Waals surface area contributed by atoms with Gasteiger partial charge in [-0.1, -0.05) is 54.7 Å². The molecule has 0 fully saturated rings. The van der Waals surface area contributed by atoms with Gasteiger partial charge in [0.15, 0.2) is 0 Å². The molecule has 1 heterocycles. The molecular formula is C28H33Cl2N3O5. The number of unbranched alkanes of at least 4 members (excludes halogenated alkanes) is 1. The van der Waals surface area contributed by atoms with Crippen LogP contribution in [0.15, 0.2) is 47.3 Å². The van der Waals surface area contributed by atoms with E-state index in [4.69, 9.17) is 32.7 Å². The van der Waals surface area contributed by atoms with Crippen molar-refractivity contribution >= 4 is 52.0 Å². The van der Waals surface area contributed by atoms with Crippen LogP contribution in [0.5, 0.6) is 5.75 Å². The minimum atomic E-state index is -0.751. The Morgan fingerprint density at radius 1 is 1.11 bits per heavy atom. The molecule has 8 nitrogen and oxygen atoms in total. The lowest BCUT2D eigenvalue weighted by atomic mass is 10.1. The van der Waals surface area contributed by atoms with Crippen LogP contribution in [0.25, 0.3) is 10.8 Å². The fourth-order valence-electron chi connectivity index (χ4n) is 3.84. The van der Waals surface area contributed by atoms with E-state index in [1.165, 1.54) is 10.6 Å². The van der Waals surface area contributed by atoms with E-state index in [0.29, 0.717) is 23.4 Å². The number of hydrogen-bond acceptors (Lipinski definition) is 6. The SMILES string of the molecule is CCCCOc1c(CNC(=O)OC(C)(C)C)n(CC(C=O)Nc2ccccc2)c(=O)c2cc(Cl)c(Cl)cc12. The molecule has 0 saturated heterocycles. The predicted octanol–water partition coefficient (Wildman–Crippen LogP) is 6.19. The molecule has 0 saturated carbocycles. The molecule has 0 radical (unpaired) electrons. The Morgan fingerprint density at radius 2 is 1.76 bits per heavy atom. The number of ether oxygens (including phenoxy) is 2. The second-order valence-electron chi connectivity index (χ2n) is 9.81. The van der Waals surface area contributed by atoms with E-state index in [1.807, 2.05) is 37.3 Å². The van der Waals surface area contributed by atoms with Gasteiger partial charge in [-0.3, -0.25) is 4.79 Å². The number of rotatable bonds is 11. The molecule has 3 rings (SSSR count). The predicted molar refractivity (Wildman–Crippen MR) is 152 cm³/mol. The Morgan fingerprint density at radius 3 is 2.37 bits per heavy atom. The molecule has 204 valence electrons. The highest BCUT2D eigenvalue weighted by Gasteiger charge is 2.23. The Kier molecular flexibility index (Phi) is 10.1. The maximum absolute atomic E-state index is 13.8. The third kappa shape index (κ3) is 7.65. The zero-order chi connectivity index (χ0) is 27.9. The number of pyridine rings is 1. The van der Waals surface area contributed by atoms with Crippen LogP contribution in [0.2, 0.25) is 10.0 Å². The highest BCUT2D eigenvalue weighted by atomic mass is 35.5. The van der Waals surface area contributed by atoms with Gasteiger partial charge in [0.1, 0.15) is 23.7 Å². The van der Waals surface area contributed by atoms with Gasteiger partial charge in [0.2, 0.25) is 0 Å². The Labute approximate surface area is 232 Å². The van der Waals surface area contributed by atoms with Gasteiger partial charge in [0.25, 0.3) is 5.56 Å². The van der Waals surface area contributed by atoms with Crippen LogP contribution >= 0.6 is 23.2 Å². The van der Waals surface area contributed by atoms with Gasteiger partial charge in [0, 0.05) is 11.1 Å². The van der Waals surface area contributed by atoms with Crippen molar-refractivity contribution in [3.63, 3.8) is 0 Å². The van der Waals surface area contributed by atoms with Crippen molar-refractivity contribution in [2.45, 2.75) is 65.3 Å². The van der Waals surface area contributed by atoms with Crippen LogP contribution in [0.4, 0.5) is 10.5 Å². The first-order chi connectivity index (χ1) is 18.0.